The molecule has 0 amide bonds. The zero-order valence-corrected chi connectivity index (χ0v) is 12.2. The largest absolute Gasteiger partial charge is 0.330 e. The fourth-order valence-electron chi connectivity index (χ4n) is 3.35. The maximum absolute atomic E-state index is 6.09. The van der Waals surface area contributed by atoms with Crippen molar-refractivity contribution >= 4 is 0 Å². The third-order valence-electron chi connectivity index (χ3n) is 4.70. The molecule has 0 radical (unpaired) electrons. The summed E-state index contributed by atoms with van der Waals surface area (Å²) < 4.78 is 0. The summed E-state index contributed by atoms with van der Waals surface area (Å²) in [7, 11) is 4.35. The van der Waals surface area contributed by atoms with Gasteiger partial charge in [-0.05, 0) is 64.0 Å². The Labute approximate surface area is 111 Å². The lowest BCUT2D eigenvalue weighted by atomic mass is 9.62. The molecule has 100 valence electrons. The second-order valence-corrected chi connectivity index (χ2v) is 6.13. The van der Waals surface area contributed by atoms with Crippen molar-refractivity contribution < 1.29 is 0 Å². The normalized spacial score (nSPS) is 19.7. The van der Waals surface area contributed by atoms with E-state index in [4.69, 9.17) is 5.73 Å². The highest BCUT2D eigenvalue weighted by molar-refractivity contribution is 5.33. The van der Waals surface area contributed by atoms with Crippen LogP contribution < -0.4 is 5.73 Å². The second-order valence-electron chi connectivity index (χ2n) is 6.13. The van der Waals surface area contributed by atoms with Gasteiger partial charge in [0.25, 0.3) is 0 Å². The quantitative estimate of drug-likeness (QED) is 0.885. The van der Waals surface area contributed by atoms with Gasteiger partial charge in [-0.2, -0.15) is 0 Å². The summed E-state index contributed by atoms with van der Waals surface area (Å²) in [6.07, 6.45) is 3.85. The lowest BCUT2D eigenvalue weighted by Gasteiger charge is -2.50. The van der Waals surface area contributed by atoms with E-state index in [0.717, 1.165) is 6.54 Å². The first-order valence-electron chi connectivity index (χ1n) is 6.94. The van der Waals surface area contributed by atoms with Gasteiger partial charge in [0.2, 0.25) is 0 Å². The zero-order chi connectivity index (χ0) is 13.3. The maximum atomic E-state index is 6.09. The molecule has 0 aromatic heterocycles. The molecule has 2 nitrogen and oxygen atoms in total. The molecule has 0 bridgehead atoms. The number of hydrogen-bond donors (Lipinski definition) is 1. The van der Waals surface area contributed by atoms with E-state index in [9.17, 15) is 0 Å². The van der Waals surface area contributed by atoms with Crippen molar-refractivity contribution in [2.75, 3.05) is 20.6 Å². The van der Waals surface area contributed by atoms with Crippen molar-refractivity contribution in [1.82, 2.24) is 4.90 Å². The third-order valence-corrected chi connectivity index (χ3v) is 4.70. The van der Waals surface area contributed by atoms with Gasteiger partial charge in [0.15, 0.2) is 0 Å². The van der Waals surface area contributed by atoms with Crippen LogP contribution in [-0.2, 0) is 0 Å². The maximum Gasteiger partial charge on any atom is 0.0410 e. The Morgan fingerprint density at radius 3 is 2.28 bits per heavy atom. The fourth-order valence-corrected chi connectivity index (χ4v) is 3.35. The minimum atomic E-state index is 0.297. The molecule has 18 heavy (non-hydrogen) atoms. The third kappa shape index (κ3) is 2.19. The van der Waals surface area contributed by atoms with Crippen molar-refractivity contribution in [3.63, 3.8) is 0 Å². The van der Waals surface area contributed by atoms with Crippen molar-refractivity contribution in [3.8, 4) is 0 Å². The first-order valence-corrected chi connectivity index (χ1v) is 6.94. The van der Waals surface area contributed by atoms with E-state index in [1.807, 2.05) is 0 Å². The van der Waals surface area contributed by atoms with E-state index in [0.29, 0.717) is 11.5 Å². The Balaban J connectivity index is 2.38. The minimum Gasteiger partial charge on any atom is -0.330 e. The molecule has 1 saturated carbocycles. The van der Waals surface area contributed by atoms with Crippen LogP contribution in [0.5, 0.6) is 0 Å². The van der Waals surface area contributed by atoms with Crippen LogP contribution >= 0.6 is 0 Å². The van der Waals surface area contributed by atoms with E-state index in [2.05, 4.69) is 51.0 Å². The number of rotatable bonds is 4. The molecule has 0 heterocycles. The van der Waals surface area contributed by atoms with Crippen LogP contribution in [0, 0.1) is 19.3 Å². The first-order chi connectivity index (χ1) is 8.50. The van der Waals surface area contributed by atoms with Crippen molar-refractivity contribution in [2.45, 2.75) is 39.2 Å². The smallest absolute Gasteiger partial charge is 0.0410 e. The molecule has 1 atom stereocenters. The van der Waals surface area contributed by atoms with Crippen LogP contribution in [-0.4, -0.2) is 25.5 Å². The highest BCUT2D eigenvalue weighted by atomic mass is 15.1. The van der Waals surface area contributed by atoms with Gasteiger partial charge in [-0.25, -0.2) is 0 Å². The van der Waals surface area contributed by atoms with Gasteiger partial charge in [0, 0.05) is 11.5 Å². The number of nitrogens with two attached hydrogens (primary N) is 1. The topological polar surface area (TPSA) is 29.3 Å². The zero-order valence-electron chi connectivity index (χ0n) is 12.2. The van der Waals surface area contributed by atoms with Gasteiger partial charge in [0.1, 0.15) is 0 Å². The lowest BCUT2D eigenvalue weighted by Crippen LogP contribution is -2.47. The number of nitrogens with zero attached hydrogens (tertiary/aromatic N) is 1. The van der Waals surface area contributed by atoms with Gasteiger partial charge >= 0.3 is 0 Å². The fraction of sp³-hybridized carbons (Fsp3) is 0.625. The second kappa shape index (κ2) is 5.02. The molecule has 1 unspecified atom stereocenters. The van der Waals surface area contributed by atoms with E-state index in [1.165, 1.54) is 36.0 Å². The van der Waals surface area contributed by atoms with Crippen molar-refractivity contribution in [3.05, 3.63) is 34.9 Å². The Bertz CT molecular complexity index is 414. The van der Waals surface area contributed by atoms with E-state index in [-0.39, 0.29) is 0 Å². The minimum absolute atomic E-state index is 0.297. The Morgan fingerprint density at radius 2 is 1.89 bits per heavy atom. The highest BCUT2D eigenvalue weighted by Crippen LogP contribution is 2.51. The molecule has 0 saturated heterocycles. The molecule has 1 aliphatic carbocycles. The molecular weight excluding hydrogens is 220 g/mol. The van der Waals surface area contributed by atoms with Gasteiger partial charge in [-0.1, -0.05) is 24.6 Å². The summed E-state index contributed by atoms with van der Waals surface area (Å²) in [6.45, 7) is 5.16. The van der Waals surface area contributed by atoms with Crippen molar-refractivity contribution in [2.24, 2.45) is 11.1 Å². The first kappa shape index (κ1) is 13.6. The molecular formula is C16H26N2. The van der Waals surface area contributed by atoms with E-state index < -0.39 is 0 Å². The average Bonchev–Trinajstić information content (AvgIpc) is 2.27. The van der Waals surface area contributed by atoms with Crippen LogP contribution in [0.2, 0.25) is 0 Å². The van der Waals surface area contributed by atoms with Crippen LogP contribution in [0.1, 0.15) is 42.0 Å². The van der Waals surface area contributed by atoms with Gasteiger partial charge in [-0.3, -0.25) is 0 Å². The summed E-state index contributed by atoms with van der Waals surface area (Å²) >= 11 is 0. The van der Waals surface area contributed by atoms with Crippen molar-refractivity contribution in [1.29, 1.82) is 0 Å². The summed E-state index contributed by atoms with van der Waals surface area (Å²) in [5.74, 6) is 0. The van der Waals surface area contributed by atoms with Gasteiger partial charge < -0.3 is 10.6 Å². The molecule has 2 N–H and O–H groups in total. The molecule has 1 aliphatic rings. The number of aryl methyl sites for hydroxylation is 2. The number of benzene rings is 1. The molecule has 1 fully saturated rings. The van der Waals surface area contributed by atoms with E-state index >= 15 is 0 Å². The van der Waals surface area contributed by atoms with Gasteiger partial charge in [-0.15, -0.1) is 0 Å². The average molecular weight is 246 g/mol. The van der Waals surface area contributed by atoms with Crippen LogP contribution in [0.25, 0.3) is 0 Å². The van der Waals surface area contributed by atoms with Crippen LogP contribution in [0.4, 0.5) is 0 Å². The highest BCUT2D eigenvalue weighted by Gasteiger charge is 2.44. The number of hydrogen-bond acceptors (Lipinski definition) is 2. The summed E-state index contributed by atoms with van der Waals surface area (Å²) in [6, 6.07) is 7.32. The SMILES string of the molecule is Cc1ccc(C(N(C)C)C2(CN)CCC2)cc1C. The lowest BCUT2D eigenvalue weighted by molar-refractivity contribution is 0.0281. The predicted molar refractivity (Wildman–Crippen MR) is 77.7 cm³/mol. The molecule has 1 aromatic carbocycles. The molecule has 2 heteroatoms. The monoisotopic (exact) mass is 246 g/mol. The standard InChI is InChI=1S/C16H26N2/c1-12-6-7-14(10-13(12)2)15(18(3)4)16(11-17)8-5-9-16/h6-7,10,15H,5,8-9,11,17H2,1-4H3. The molecule has 0 spiro atoms. The summed E-state index contributed by atoms with van der Waals surface area (Å²) in [5, 5.41) is 0. The van der Waals surface area contributed by atoms with E-state index in [1.54, 1.807) is 0 Å². The predicted octanol–water partition coefficient (Wildman–Crippen LogP) is 3.04. The van der Waals surface area contributed by atoms with Crippen LogP contribution in [0.3, 0.4) is 0 Å². The van der Waals surface area contributed by atoms with Gasteiger partial charge in [0.05, 0.1) is 0 Å². The summed E-state index contributed by atoms with van der Waals surface area (Å²) in [4.78, 5) is 2.34. The molecule has 0 aliphatic heterocycles. The Morgan fingerprint density at radius 1 is 1.22 bits per heavy atom. The Hall–Kier alpha value is -0.860. The van der Waals surface area contributed by atoms with Crippen LogP contribution in [0.15, 0.2) is 18.2 Å². The molecule has 2 rings (SSSR count). The Kier molecular flexibility index (Phi) is 3.79. The summed E-state index contributed by atoms with van der Waals surface area (Å²) in [5.41, 5.74) is 10.6. The molecule has 1 aromatic rings.